The minimum absolute atomic E-state index is 0.0868. The molecule has 3 rings (SSSR count). The third-order valence-corrected chi connectivity index (χ3v) is 4.08. The molecule has 0 amide bonds. The number of carbonyl (C=O) groups is 1. The minimum atomic E-state index is -0.838. The van der Waals surface area contributed by atoms with Gasteiger partial charge in [0.05, 0.1) is 7.11 Å². The molecule has 0 saturated carbocycles. The Hall–Kier alpha value is -2.99. The first kappa shape index (κ1) is 18.8. The second-order valence-electron chi connectivity index (χ2n) is 5.78. The molecule has 0 aliphatic rings. The maximum atomic E-state index is 12.2. The first-order chi connectivity index (χ1) is 13.0. The smallest absolute Gasteiger partial charge is 0.347 e. The minimum Gasteiger partial charge on any atom is -0.497 e. The lowest BCUT2D eigenvalue weighted by molar-refractivity contribution is -0.152. The number of fused-ring (bicyclic) bond motifs is 1. The summed E-state index contributed by atoms with van der Waals surface area (Å²) in [5, 5.41) is 1.16. The quantitative estimate of drug-likeness (QED) is 0.470. The molecule has 1 heterocycles. The topological polar surface area (TPSA) is 75.0 Å². The van der Waals surface area contributed by atoms with E-state index in [1.54, 1.807) is 49.4 Å². The Balaban J connectivity index is 1.72. The predicted octanol–water partition coefficient (Wildman–Crippen LogP) is 3.97. The van der Waals surface area contributed by atoms with E-state index >= 15 is 0 Å². The molecule has 140 valence electrons. The molecule has 2 aromatic carbocycles. The van der Waals surface area contributed by atoms with Gasteiger partial charge < -0.3 is 18.6 Å². The van der Waals surface area contributed by atoms with Crippen molar-refractivity contribution in [1.82, 2.24) is 0 Å². The van der Waals surface area contributed by atoms with Gasteiger partial charge in [0, 0.05) is 28.1 Å². The molecule has 7 heteroatoms. The Morgan fingerprint density at radius 3 is 2.70 bits per heavy atom. The van der Waals surface area contributed by atoms with E-state index in [2.05, 4.69) is 0 Å². The highest BCUT2D eigenvalue weighted by Crippen LogP contribution is 2.23. The Morgan fingerprint density at radius 1 is 1.15 bits per heavy atom. The van der Waals surface area contributed by atoms with Crippen molar-refractivity contribution in [2.24, 2.45) is 0 Å². The number of rotatable bonds is 6. The fraction of sp³-hybridized carbons (Fsp3) is 0.200. The number of halogens is 1. The van der Waals surface area contributed by atoms with Crippen LogP contribution in [0.15, 0.2) is 57.7 Å². The van der Waals surface area contributed by atoms with Crippen molar-refractivity contribution in [3.63, 3.8) is 0 Å². The third kappa shape index (κ3) is 4.60. The van der Waals surface area contributed by atoms with Crippen LogP contribution in [0.3, 0.4) is 0 Å². The molecule has 27 heavy (non-hydrogen) atoms. The van der Waals surface area contributed by atoms with Crippen LogP contribution < -0.4 is 15.1 Å². The van der Waals surface area contributed by atoms with E-state index < -0.39 is 17.7 Å². The van der Waals surface area contributed by atoms with Gasteiger partial charge in [0.15, 0.2) is 6.10 Å². The number of hydrogen-bond donors (Lipinski definition) is 0. The van der Waals surface area contributed by atoms with E-state index in [-0.39, 0.29) is 6.61 Å². The highest BCUT2D eigenvalue weighted by Gasteiger charge is 2.18. The zero-order valence-corrected chi connectivity index (χ0v) is 15.5. The van der Waals surface area contributed by atoms with Gasteiger partial charge >= 0.3 is 11.6 Å². The van der Waals surface area contributed by atoms with Crippen molar-refractivity contribution >= 4 is 28.5 Å². The van der Waals surface area contributed by atoms with Crippen LogP contribution in [0.5, 0.6) is 11.5 Å². The second kappa shape index (κ2) is 8.14. The highest BCUT2D eigenvalue weighted by atomic mass is 35.5. The summed E-state index contributed by atoms with van der Waals surface area (Å²) in [5.74, 6) is 0.457. The Kier molecular flexibility index (Phi) is 5.66. The van der Waals surface area contributed by atoms with Gasteiger partial charge in [-0.2, -0.15) is 0 Å². The summed E-state index contributed by atoms with van der Waals surface area (Å²) in [6.07, 6.45) is -0.838. The van der Waals surface area contributed by atoms with Gasteiger partial charge in [0.1, 0.15) is 23.7 Å². The normalized spacial score (nSPS) is 11.8. The van der Waals surface area contributed by atoms with E-state index in [0.29, 0.717) is 33.1 Å². The first-order valence-electron chi connectivity index (χ1n) is 8.16. The number of carbonyl (C=O) groups excluding carboxylic acids is 1. The van der Waals surface area contributed by atoms with E-state index in [9.17, 15) is 9.59 Å². The lowest BCUT2D eigenvalue weighted by atomic mass is 10.1. The molecule has 0 fully saturated rings. The average Bonchev–Trinajstić information content (AvgIpc) is 2.65. The van der Waals surface area contributed by atoms with Crippen molar-refractivity contribution in [2.45, 2.75) is 19.6 Å². The van der Waals surface area contributed by atoms with Crippen molar-refractivity contribution in [3.05, 3.63) is 69.5 Å². The van der Waals surface area contributed by atoms with Gasteiger partial charge in [-0.15, -0.1) is 0 Å². The number of methoxy groups -OCH3 is 1. The highest BCUT2D eigenvalue weighted by molar-refractivity contribution is 6.30. The Labute approximate surface area is 160 Å². The Morgan fingerprint density at radius 2 is 1.96 bits per heavy atom. The summed E-state index contributed by atoms with van der Waals surface area (Å²) in [5.41, 5.74) is 0.355. The van der Waals surface area contributed by atoms with Crippen molar-refractivity contribution in [2.75, 3.05) is 7.11 Å². The van der Waals surface area contributed by atoms with Crippen molar-refractivity contribution in [3.8, 4) is 11.5 Å². The molecule has 0 N–H and O–H groups in total. The van der Waals surface area contributed by atoms with Crippen LogP contribution in [0.25, 0.3) is 11.0 Å². The molecule has 0 aliphatic heterocycles. The number of benzene rings is 2. The van der Waals surface area contributed by atoms with Gasteiger partial charge in [-0.05, 0) is 37.3 Å². The van der Waals surface area contributed by atoms with E-state index in [1.165, 1.54) is 13.2 Å². The lowest BCUT2D eigenvalue weighted by Crippen LogP contribution is -2.26. The summed E-state index contributed by atoms with van der Waals surface area (Å²) >= 11 is 5.90. The zero-order chi connectivity index (χ0) is 19.4. The summed E-state index contributed by atoms with van der Waals surface area (Å²) in [6, 6.07) is 13.1. The van der Waals surface area contributed by atoms with Crippen LogP contribution >= 0.6 is 11.6 Å². The summed E-state index contributed by atoms with van der Waals surface area (Å²) in [6.45, 7) is 1.49. The molecule has 0 radical (unpaired) electrons. The molecular formula is C20H17ClO6. The number of ether oxygens (including phenoxy) is 3. The van der Waals surface area contributed by atoms with E-state index in [1.807, 2.05) is 0 Å². The SMILES string of the molecule is COc1ccc2c(COC(=O)C(C)Oc3cccc(Cl)c3)cc(=O)oc2c1. The van der Waals surface area contributed by atoms with Crippen LogP contribution in [-0.4, -0.2) is 19.2 Å². The summed E-state index contributed by atoms with van der Waals surface area (Å²) < 4.78 is 21.1. The number of hydrogen-bond acceptors (Lipinski definition) is 6. The van der Waals surface area contributed by atoms with Gasteiger partial charge in [-0.1, -0.05) is 17.7 Å². The van der Waals surface area contributed by atoms with Gasteiger partial charge in [-0.3, -0.25) is 0 Å². The van der Waals surface area contributed by atoms with Crippen molar-refractivity contribution in [1.29, 1.82) is 0 Å². The van der Waals surface area contributed by atoms with Gasteiger partial charge in [0.25, 0.3) is 0 Å². The molecule has 1 atom stereocenters. The molecule has 6 nitrogen and oxygen atoms in total. The number of esters is 1. The lowest BCUT2D eigenvalue weighted by Gasteiger charge is -2.14. The molecule has 0 aliphatic carbocycles. The molecule has 0 saturated heterocycles. The van der Waals surface area contributed by atoms with E-state index in [4.69, 9.17) is 30.2 Å². The summed E-state index contributed by atoms with van der Waals surface area (Å²) in [7, 11) is 1.52. The molecular weight excluding hydrogens is 372 g/mol. The third-order valence-electron chi connectivity index (χ3n) is 3.85. The molecule has 3 aromatic rings. The Bertz CT molecular complexity index is 1030. The van der Waals surface area contributed by atoms with Gasteiger partial charge in [-0.25, -0.2) is 9.59 Å². The van der Waals surface area contributed by atoms with Crippen LogP contribution in [-0.2, 0) is 16.1 Å². The fourth-order valence-electron chi connectivity index (χ4n) is 2.52. The van der Waals surface area contributed by atoms with E-state index in [0.717, 1.165) is 0 Å². The molecule has 0 spiro atoms. The average molecular weight is 389 g/mol. The van der Waals surface area contributed by atoms with Crippen LogP contribution in [0.1, 0.15) is 12.5 Å². The predicted molar refractivity (Wildman–Crippen MR) is 100 cm³/mol. The first-order valence-corrected chi connectivity index (χ1v) is 8.53. The largest absolute Gasteiger partial charge is 0.497 e. The van der Waals surface area contributed by atoms with Crippen LogP contribution in [0, 0.1) is 0 Å². The van der Waals surface area contributed by atoms with Crippen LogP contribution in [0.4, 0.5) is 0 Å². The fourth-order valence-corrected chi connectivity index (χ4v) is 2.70. The monoisotopic (exact) mass is 388 g/mol. The maximum absolute atomic E-state index is 12.2. The molecule has 1 unspecified atom stereocenters. The maximum Gasteiger partial charge on any atom is 0.347 e. The molecule has 1 aromatic heterocycles. The second-order valence-corrected chi connectivity index (χ2v) is 6.21. The van der Waals surface area contributed by atoms with Gasteiger partial charge in [0.2, 0.25) is 0 Å². The van der Waals surface area contributed by atoms with Crippen molar-refractivity contribution < 1.29 is 23.4 Å². The zero-order valence-electron chi connectivity index (χ0n) is 14.7. The summed E-state index contributed by atoms with van der Waals surface area (Å²) in [4.78, 5) is 24.0. The standard InChI is InChI=1S/C20H17ClO6/c1-12(26-16-5-3-4-14(21)9-16)20(23)25-11-13-8-19(22)27-18-10-15(24-2)6-7-17(13)18/h3-10,12H,11H2,1-2H3. The molecule has 0 bridgehead atoms. The van der Waals surface area contributed by atoms with Crippen LogP contribution in [0.2, 0.25) is 5.02 Å².